The molecule has 6 nitrogen and oxygen atoms in total. The van der Waals surface area contributed by atoms with Gasteiger partial charge in [-0.25, -0.2) is 4.79 Å². The number of methoxy groups -OCH3 is 1. The van der Waals surface area contributed by atoms with Crippen molar-refractivity contribution in [3.63, 3.8) is 0 Å². The molecule has 0 aliphatic carbocycles. The predicted octanol–water partition coefficient (Wildman–Crippen LogP) is 2.42. The highest BCUT2D eigenvalue weighted by molar-refractivity contribution is 5.76. The van der Waals surface area contributed by atoms with Crippen LogP contribution in [0.25, 0.3) is 0 Å². The highest BCUT2D eigenvalue weighted by Gasteiger charge is 2.37. The molecule has 0 radical (unpaired) electrons. The molecule has 25 heavy (non-hydrogen) atoms. The number of rotatable bonds is 5. The summed E-state index contributed by atoms with van der Waals surface area (Å²) < 4.78 is 10.4. The lowest BCUT2D eigenvalue weighted by Crippen LogP contribution is -2.47. The molecule has 2 fully saturated rings. The lowest BCUT2D eigenvalue weighted by Gasteiger charge is -2.30. The first-order valence-corrected chi connectivity index (χ1v) is 8.98. The molecular weight excluding hydrogens is 320 g/mol. The molecule has 2 aliphatic heterocycles. The summed E-state index contributed by atoms with van der Waals surface area (Å²) in [6.45, 7) is 2.59. The van der Waals surface area contributed by atoms with E-state index in [0.29, 0.717) is 6.54 Å². The van der Waals surface area contributed by atoms with Gasteiger partial charge in [0.2, 0.25) is 0 Å². The van der Waals surface area contributed by atoms with Crippen LogP contribution in [0.3, 0.4) is 0 Å². The predicted molar refractivity (Wildman–Crippen MR) is 93.0 cm³/mol. The van der Waals surface area contributed by atoms with Crippen molar-refractivity contribution in [2.24, 2.45) is 0 Å². The number of hydrogen-bond acceptors (Lipinski definition) is 5. The molecule has 1 aromatic carbocycles. The molecule has 2 aliphatic rings. The molecule has 1 aromatic rings. The topological polar surface area (TPSA) is 59.1 Å². The molecule has 2 heterocycles. The minimum atomic E-state index is -0.264. The van der Waals surface area contributed by atoms with Crippen LogP contribution in [0, 0.1) is 0 Å². The Morgan fingerprint density at radius 2 is 1.88 bits per heavy atom. The van der Waals surface area contributed by atoms with E-state index >= 15 is 0 Å². The summed E-state index contributed by atoms with van der Waals surface area (Å²) in [6.07, 6.45) is 3.48. The lowest BCUT2D eigenvalue weighted by atomic mass is 10.2. The Morgan fingerprint density at radius 1 is 1.12 bits per heavy atom. The van der Waals surface area contributed by atoms with Gasteiger partial charge in [-0.05, 0) is 37.8 Å². The maximum absolute atomic E-state index is 12.5. The third kappa shape index (κ3) is 4.31. The number of carbonyl (C=O) groups is 2. The van der Waals surface area contributed by atoms with Crippen molar-refractivity contribution in [3.8, 4) is 0 Å². The van der Waals surface area contributed by atoms with Gasteiger partial charge in [-0.3, -0.25) is 9.69 Å². The van der Waals surface area contributed by atoms with Gasteiger partial charge in [-0.2, -0.15) is 0 Å². The van der Waals surface area contributed by atoms with Gasteiger partial charge >= 0.3 is 12.1 Å². The molecular formula is C19H26N2O4. The van der Waals surface area contributed by atoms with E-state index in [2.05, 4.69) is 4.90 Å². The zero-order valence-electron chi connectivity index (χ0n) is 14.7. The minimum Gasteiger partial charge on any atom is -0.468 e. The molecule has 0 bridgehead atoms. The normalized spacial score (nSPS) is 23.6. The number of esters is 1. The van der Waals surface area contributed by atoms with Crippen LogP contribution in [0.4, 0.5) is 4.79 Å². The van der Waals surface area contributed by atoms with E-state index in [-0.39, 0.29) is 30.8 Å². The number of ether oxygens (including phenoxy) is 2. The lowest BCUT2D eigenvalue weighted by molar-refractivity contribution is -0.146. The molecule has 3 rings (SSSR count). The number of likely N-dealkylation sites (tertiary alicyclic amines) is 2. The Kier molecular flexibility index (Phi) is 5.91. The van der Waals surface area contributed by atoms with Gasteiger partial charge in [0, 0.05) is 19.1 Å². The third-order valence-corrected chi connectivity index (χ3v) is 5.10. The maximum Gasteiger partial charge on any atom is 0.410 e. The summed E-state index contributed by atoms with van der Waals surface area (Å²) in [4.78, 5) is 28.3. The van der Waals surface area contributed by atoms with E-state index in [9.17, 15) is 9.59 Å². The first-order chi connectivity index (χ1) is 12.2. The number of hydrogen-bond donors (Lipinski definition) is 0. The summed E-state index contributed by atoms with van der Waals surface area (Å²) in [5.74, 6) is -0.172. The molecule has 0 unspecified atom stereocenters. The maximum atomic E-state index is 12.5. The van der Waals surface area contributed by atoms with Gasteiger partial charge in [0.1, 0.15) is 12.6 Å². The number of amides is 1. The molecule has 0 spiro atoms. The Balaban J connectivity index is 1.55. The molecule has 0 aromatic heterocycles. The van der Waals surface area contributed by atoms with Crippen molar-refractivity contribution < 1.29 is 19.1 Å². The van der Waals surface area contributed by atoms with E-state index in [1.807, 2.05) is 35.2 Å². The summed E-state index contributed by atoms with van der Waals surface area (Å²) in [5.41, 5.74) is 0.983. The van der Waals surface area contributed by atoms with E-state index in [1.54, 1.807) is 0 Å². The largest absolute Gasteiger partial charge is 0.468 e. The first kappa shape index (κ1) is 17.7. The number of carbonyl (C=O) groups excluding carboxylic acids is 2. The fraction of sp³-hybridized carbons (Fsp3) is 0.579. The van der Waals surface area contributed by atoms with Crippen molar-refractivity contribution >= 4 is 12.1 Å². The van der Waals surface area contributed by atoms with Crippen LogP contribution >= 0.6 is 0 Å². The van der Waals surface area contributed by atoms with Gasteiger partial charge in [0.15, 0.2) is 0 Å². The molecule has 136 valence electrons. The highest BCUT2D eigenvalue weighted by atomic mass is 16.6. The average Bonchev–Trinajstić information content (AvgIpc) is 3.30. The van der Waals surface area contributed by atoms with E-state index in [4.69, 9.17) is 9.47 Å². The number of benzene rings is 1. The molecule has 6 heteroatoms. The smallest absolute Gasteiger partial charge is 0.410 e. The van der Waals surface area contributed by atoms with Crippen LogP contribution in [-0.2, 0) is 20.9 Å². The Labute approximate surface area is 148 Å². The van der Waals surface area contributed by atoms with Crippen LogP contribution in [-0.4, -0.2) is 60.7 Å². The van der Waals surface area contributed by atoms with Crippen molar-refractivity contribution in [2.45, 2.75) is 44.4 Å². The first-order valence-electron chi connectivity index (χ1n) is 8.98. The van der Waals surface area contributed by atoms with Crippen LogP contribution < -0.4 is 0 Å². The molecule has 0 saturated carbocycles. The summed E-state index contributed by atoms with van der Waals surface area (Å²) >= 11 is 0. The molecule has 0 N–H and O–H groups in total. The summed E-state index contributed by atoms with van der Waals surface area (Å²) in [6, 6.07) is 9.63. The van der Waals surface area contributed by atoms with Gasteiger partial charge in [-0.1, -0.05) is 30.3 Å². The summed E-state index contributed by atoms with van der Waals surface area (Å²) in [7, 11) is 1.43. The monoisotopic (exact) mass is 346 g/mol. The zero-order valence-corrected chi connectivity index (χ0v) is 14.7. The standard InChI is InChI=1S/C19H26N2O4/c1-24-18(22)17-10-6-11-20(17)13-16-9-5-12-21(16)19(23)25-14-15-7-3-2-4-8-15/h2-4,7-8,16-17H,5-6,9-14H2,1H3/t16-,17-/m0/s1. The average molecular weight is 346 g/mol. The van der Waals surface area contributed by atoms with Gasteiger partial charge in [0.25, 0.3) is 0 Å². The van der Waals surface area contributed by atoms with Crippen molar-refractivity contribution in [1.29, 1.82) is 0 Å². The third-order valence-electron chi connectivity index (χ3n) is 5.10. The Morgan fingerprint density at radius 3 is 2.64 bits per heavy atom. The second-order valence-corrected chi connectivity index (χ2v) is 6.71. The number of nitrogens with zero attached hydrogens (tertiary/aromatic N) is 2. The Bertz CT molecular complexity index is 592. The second-order valence-electron chi connectivity index (χ2n) is 6.71. The second kappa shape index (κ2) is 8.34. The molecule has 1 amide bonds. The minimum absolute atomic E-state index is 0.105. The van der Waals surface area contributed by atoms with Crippen molar-refractivity contribution in [1.82, 2.24) is 9.80 Å². The van der Waals surface area contributed by atoms with E-state index in [0.717, 1.165) is 44.3 Å². The molecule has 2 atom stereocenters. The fourth-order valence-electron chi connectivity index (χ4n) is 3.79. The van der Waals surface area contributed by atoms with Crippen LogP contribution in [0.1, 0.15) is 31.2 Å². The quantitative estimate of drug-likeness (QED) is 0.767. The van der Waals surface area contributed by atoms with Crippen molar-refractivity contribution in [3.05, 3.63) is 35.9 Å². The fourth-order valence-corrected chi connectivity index (χ4v) is 3.79. The van der Waals surface area contributed by atoms with E-state index in [1.165, 1.54) is 7.11 Å². The molecule has 2 saturated heterocycles. The van der Waals surface area contributed by atoms with Gasteiger partial charge in [0.05, 0.1) is 7.11 Å². The Hall–Kier alpha value is -2.08. The van der Waals surface area contributed by atoms with Gasteiger partial charge < -0.3 is 14.4 Å². The SMILES string of the molecule is COC(=O)[C@@H]1CCCN1C[C@@H]1CCCN1C(=O)OCc1ccccc1. The summed E-state index contributed by atoms with van der Waals surface area (Å²) in [5, 5.41) is 0. The highest BCUT2D eigenvalue weighted by Crippen LogP contribution is 2.24. The van der Waals surface area contributed by atoms with Crippen LogP contribution in [0.5, 0.6) is 0 Å². The van der Waals surface area contributed by atoms with Gasteiger partial charge in [-0.15, -0.1) is 0 Å². The van der Waals surface area contributed by atoms with E-state index < -0.39 is 0 Å². The van der Waals surface area contributed by atoms with Crippen LogP contribution in [0.15, 0.2) is 30.3 Å². The van der Waals surface area contributed by atoms with Crippen molar-refractivity contribution in [2.75, 3.05) is 26.7 Å². The van der Waals surface area contributed by atoms with Crippen LogP contribution in [0.2, 0.25) is 0 Å². The zero-order chi connectivity index (χ0) is 17.6.